The van der Waals surface area contributed by atoms with Gasteiger partial charge in [0.25, 0.3) is 0 Å². The van der Waals surface area contributed by atoms with Crippen molar-refractivity contribution in [1.82, 2.24) is 9.97 Å². The summed E-state index contributed by atoms with van der Waals surface area (Å²) in [5, 5.41) is 10.8. The highest BCUT2D eigenvalue weighted by atomic mass is 16.5. The van der Waals surface area contributed by atoms with Gasteiger partial charge in [-0.3, -0.25) is 0 Å². The van der Waals surface area contributed by atoms with Crippen molar-refractivity contribution in [2.45, 2.75) is 6.10 Å². The maximum absolute atomic E-state index is 10.2. The van der Waals surface area contributed by atoms with Crippen LogP contribution in [0.5, 0.6) is 5.75 Å². The van der Waals surface area contributed by atoms with E-state index >= 15 is 0 Å². The van der Waals surface area contributed by atoms with Gasteiger partial charge in [0.2, 0.25) is 5.95 Å². The summed E-state index contributed by atoms with van der Waals surface area (Å²) in [5.41, 5.74) is 12.9. The van der Waals surface area contributed by atoms with E-state index in [2.05, 4.69) is 9.97 Å². The summed E-state index contributed by atoms with van der Waals surface area (Å²) in [6.45, 7) is 0.104. The molecule has 3 rings (SSSR count). The summed E-state index contributed by atoms with van der Waals surface area (Å²) in [6.07, 6.45) is -0.729. The van der Waals surface area contributed by atoms with Crippen molar-refractivity contribution in [2.75, 3.05) is 18.1 Å². The number of ether oxygens (including phenoxy) is 1. The number of nitrogens with zero attached hydrogens (tertiary/aromatic N) is 2. The van der Waals surface area contributed by atoms with Gasteiger partial charge in [-0.25, -0.2) is 4.98 Å². The van der Waals surface area contributed by atoms with Gasteiger partial charge in [-0.15, -0.1) is 0 Å². The first-order valence-electron chi connectivity index (χ1n) is 6.82. The molecular weight excluding hydrogens is 280 g/mol. The van der Waals surface area contributed by atoms with Crippen molar-refractivity contribution >= 4 is 22.7 Å². The molecule has 5 N–H and O–H groups in total. The van der Waals surface area contributed by atoms with E-state index in [0.717, 1.165) is 5.56 Å². The zero-order chi connectivity index (χ0) is 15.5. The van der Waals surface area contributed by atoms with Gasteiger partial charge in [-0.2, -0.15) is 4.98 Å². The van der Waals surface area contributed by atoms with E-state index in [1.54, 1.807) is 18.2 Å². The fourth-order valence-corrected chi connectivity index (χ4v) is 2.26. The molecule has 22 heavy (non-hydrogen) atoms. The van der Waals surface area contributed by atoms with Gasteiger partial charge in [0.15, 0.2) is 0 Å². The highest BCUT2D eigenvalue weighted by Crippen LogP contribution is 2.29. The van der Waals surface area contributed by atoms with Crippen molar-refractivity contribution in [2.24, 2.45) is 0 Å². The standard InChI is InChI=1S/C16H16N4O2/c17-15-14-11(19-16(18)20-15)7-4-8-13(14)22-9-12(21)10-5-2-1-3-6-10/h1-8,12,21H,9H2,(H4,17,18,19,20). The van der Waals surface area contributed by atoms with Crippen LogP contribution in [0.4, 0.5) is 11.8 Å². The quantitative estimate of drug-likeness (QED) is 0.679. The van der Waals surface area contributed by atoms with Crippen LogP contribution in [-0.4, -0.2) is 21.7 Å². The second-order valence-corrected chi connectivity index (χ2v) is 4.85. The number of rotatable bonds is 4. The number of benzene rings is 2. The average molecular weight is 296 g/mol. The van der Waals surface area contributed by atoms with Crippen LogP contribution in [0.25, 0.3) is 10.9 Å². The first kappa shape index (κ1) is 14.1. The van der Waals surface area contributed by atoms with Crippen molar-refractivity contribution in [3.63, 3.8) is 0 Å². The van der Waals surface area contributed by atoms with Crippen LogP contribution in [0.3, 0.4) is 0 Å². The number of aliphatic hydroxyl groups excluding tert-OH is 1. The van der Waals surface area contributed by atoms with Gasteiger partial charge in [0, 0.05) is 0 Å². The van der Waals surface area contributed by atoms with E-state index in [9.17, 15) is 5.11 Å². The third-order valence-electron chi connectivity index (χ3n) is 3.31. The molecule has 112 valence electrons. The van der Waals surface area contributed by atoms with Crippen LogP contribution in [0, 0.1) is 0 Å². The highest BCUT2D eigenvalue weighted by molar-refractivity contribution is 5.94. The van der Waals surface area contributed by atoms with E-state index in [4.69, 9.17) is 16.2 Å². The zero-order valence-electron chi connectivity index (χ0n) is 11.8. The maximum atomic E-state index is 10.2. The van der Waals surface area contributed by atoms with Crippen molar-refractivity contribution in [3.8, 4) is 5.75 Å². The maximum Gasteiger partial charge on any atom is 0.222 e. The molecule has 0 saturated heterocycles. The number of fused-ring (bicyclic) bond motifs is 1. The largest absolute Gasteiger partial charge is 0.490 e. The Kier molecular flexibility index (Phi) is 3.76. The van der Waals surface area contributed by atoms with Gasteiger partial charge in [-0.1, -0.05) is 36.4 Å². The summed E-state index contributed by atoms with van der Waals surface area (Å²) in [4.78, 5) is 8.08. The predicted molar refractivity (Wildman–Crippen MR) is 85.3 cm³/mol. The normalized spacial score (nSPS) is 12.2. The summed E-state index contributed by atoms with van der Waals surface area (Å²) in [7, 11) is 0. The molecule has 0 bridgehead atoms. The molecule has 6 nitrogen and oxygen atoms in total. The molecule has 2 aromatic carbocycles. The summed E-state index contributed by atoms with van der Waals surface area (Å²) >= 11 is 0. The first-order chi connectivity index (χ1) is 10.6. The zero-order valence-corrected chi connectivity index (χ0v) is 11.8. The molecule has 1 atom stereocenters. The Bertz CT molecular complexity index is 793. The van der Waals surface area contributed by atoms with Crippen LogP contribution < -0.4 is 16.2 Å². The van der Waals surface area contributed by atoms with Crippen LogP contribution in [-0.2, 0) is 0 Å². The third-order valence-corrected chi connectivity index (χ3v) is 3.31. The Hall–Kier alpha value is -2.86. The molecule has 0 saturated carbocycles. The molecule has 1 heterocycles. The number of aromatic nitrogens is 2. The monoisotopic (exact) mass is 296 g/mol. The van der Waals surface area contributed by atoms with E-state index in [0.29, 0.717) is 16.7 Å². The number of hydrogen-bond donors (Lipinski definition) is 3. The molecular formula is C16H16N4O2. The van der Waals surface area contributed by atoms with E-state index in [1.807, 2.05) is 30.3 Å². The SMILES string of the molecule is Nc1nc(N)c2c(OCC(O)c3ccccc3)cccc2n1. The van der Waals surface area contributed by atoms with E-state index < -0.39 is 6.10 Å². The Balaban J connectivity index is 1.85. The van der Waals surface area contributed by atoms with Gasteiger partial charge in [0.05, 0.1) is 10.9 Å². The van der Waals surface area contributed by atoms with Crippen LogP contribution in [0.2, 0.25) is 0 Å². The Morgan fingerprint density at radius 3 is 2.55 bits per heavy atom. The van der Waals surface area contributed by atoms with Crippen LogP contribution >= 0.6 is 0 Å². The Morgan fingerprint density at radius 2 is 1.77 bits per heavy atom. The molecule has 6 heteroatoms. The number of anilines is 2. The van der Waals surface area contributed by atoms with Crippen LogP contribution in [0.1, 0.15) is 11.7 Å². The fraction of sp³-hybridized carbons (Fsp3) is 0.125. The van der Waals surface area contributed by atoms with E-state index in [-0.39, 0.29) is 18.4 Å². The summed E-state index contributed by atoms with van der Waals surface area (Å²) in [6, 6.07) is 14.6. The van der Waals surface area contributed by atoms with Gasteiger partial charge in [-0.05, 0) is 17.7 Å². The third kappa shape index (κ3) is 2.77. The minimum atomic E-state index is -0.729. The molecule has 0 fully saturated rings. The number of aliphatic hydroxyl groups is 1. The molecule has 0 radical (unpaired) electrons. The summed E-state index contributed by atoms with van der Waals surface area (Å²) < 4.78 is 5.71. The minimum absolute atomic E-state index is 0.104. The smallest absolute Gasteiger partial charge is 0.222 e. The molecule has 0 aliphatic carbocycles. The van der Waals surface area contributed by atoms with Gasteiger partial charge in [0.1, 0.15) is 24.3 Å². The predicted octanol–water partition coefficient (Wildman–Crippen LogP) is 1.91. The molecule has 1 unspecified atom stereocenters. The second kappa shape index (κ2) is 5.87. The Labute approximate surface area is 127 Å². The van der Waals surface area contributed by atoms with Gasteiger partial charge < -0.3 is 21.3 Å². The lowest BCUT2D eigenvalue weighted by molar-refractivity contribution is 0.109. The lowest BCUT2D eigenvalue weighted by Crippen LogP contribution is -2.10. The molecule has 0 aliphatic rings. The van der Waals surface area contributed by atoms with E-state index in [1.165, 1.54) is 0 Å². The molecule has 3 aromatic rings. The first-order valence-corrected chi connectivity index (χ1v) is 6.82. The lowest BCUT2D eigenvalue weighted by Gasteiger charge is -2.14. The summed E-state index contributed by atoms with van der Waals surface area (Å²) in [5.74, 6) is 0.892. The topological polar surface area (TPSA) is 107 Å². The van der Waals surface area contributed by atoms with Crippen LogP contribution in [0.15, 0.2) is 48.5 Å². The van der Waals surface area contributed by atoms with Crippen molar-refractivity contribution < 1.29 is 9.84 Å². The molecule has 0 spiro atoms. The average Bonchev–Trinajstić information content (AvgIpc) is 2.52. The molecule has 0 amide bonds. The molecule has 1 aromatic heterocycles. The van der Waals surface area contributed by atoms with Crippen molar-refractivity contribution in [3.05, 3.63) is 54.1 Å². The highest BCUT2D eigenvalue weighted by Gasteiger charge is 2.12. The Morgan fingerprint density at radius 1 is 1.00 bits per heavy atom. The van der Waals surface area contributed by atoms with Gasteiger partial charge >= 0.3 is 0 Å². The van der Waals surface area contributed by atoms with Crippen molar-refractivity contribution in [1.29, 1.82) is 0 Å². The number of nitrogen functional groups attached to an aromatic ring is 2. The second-order valence-electron chi connectivity index (χ2n) is 4.85. The number of nitrogens with two attached hydrogens (primary N) is 2. The fourth-order valence-electron chi connectivity index (χ4n) is 2.26. The minimum Gasteiger partial charge on any atom is -0.490 e. The lowest BCUT2D eigenvalue weighted by atomic mass is 10.1. The molecule has 0 aliphatic heterocycles. The number of hydrogen-bond acceptors (Lipinski definition) is 6.